The Morgan fingerprint density at radius 1 is 0.527 bits per heavy atom. The number of allylic oxidation sites excluding steroid dienone is 2. The largest absolute Gasteiger partial charge is 0.472 e. The summed E-state index contributed by atoms with van der Waals surface area (Å²) in [6, 6.07) is 0. The zero-order valence-electron chi connectivity index (χ0n) is 35.9. The van der Waals surface area contributed by atoms with Gasteiger partial charge in [0.2, 0.25) is 0 Å². The van der Waals surface area contributed by atoms with Gasteiger partial charge in [-0.05, 0) is 38.5 Å². The molecule has 0 saturated carbocycles. The molecule has 0 fully saturated rings. The van der Waals surface area contributed by atoms with Gasteiger partial charge in [-0.1, -0.05) is 193 Å². The monoisotopic (exact) mass is 802 g/mol. The van der Waals surface area contributed by atoms with Gasteiger partial charge in [0.25, 0.3) is 0 Å². The molecule has 1 unspecified atom stereocenters. The first-order valence-corrected chi connectivity index (χ1v) is 24.7. The third-order valence-electron chi connectivity index (χ3n) is 10.2. The van der Waals surface area contributed by atoms with E-state index in [1.54, 1.807) is 0 Å². The summed E-state index contributed by atoms with van der Waals surface area (Å²) in [5.74, 6) is -0.817. The van der Waals surface area contributed by atoms with E-state index in [-0.39, 0.29) is 38.6 Å². The molecule has 0 aromatic rings. The van der Waals surface area contributed by atoms with Crippen LogP contribution in [0.1, 0.15) is 232 Å². The van der Waals surface area contributed by atoms with Crippen LogP contribution in [0.15, 0.2) is 12.2 Å². The van der Waals surface area contributed by atoms with Crippen LogP contribution in [0.2, 0.25) is 0 Å². The first-order chi connectivity index (χ1) is 26.8. The van der Waals surface area contributed by atoms with Crippen molar-refractivity contribution in [2.75, 3.05) is 26.4 Å². The second kappa shape index (κ2) is 42.4. The maximum Gasteiger partial charge on any atom is 0.472 e. The van der Waals surface area contributed by atoms with Gasteiger partial charge >= 0.3 is 19.8 Å². The fourth-order valence-electron chi connectivity index (χ4n) is 6.69. The first kappa shape index (κ1) is 53.8. The molecule has 0 bridgehead atoms. The van der Waals surface area contributed by atoms with Crippen LogP contribution in [0.4, 0.5) is 0 Å². The zero-order valence-corrected chi connectivity index (χ0v) is 36.8. The number of nitrogens with two attached hydrogens (primary N) is 1. The third-order valence-corrected chi connectivity index (χ3v) is 11.1. The van der Waals surface area contributed by atoms with Crippen LogP contribution in [0.5, 0.6) is 0 Å². The highest BCUT2D eigenvalue weighted by Gasteiger charge is 2.26. The van der Waals surface area contributed by atoms with Crippen molar-refractivity contribution in [1.29, 1.82) is 0 Å². The van der Waals surface area contributed by atoms with Gasteiger partial charge in [-0.15, -0.1) is 0 Å². The molecule has 55 heavy (non-hydrogen) atoms. The van der Waals surface area contributed by atoms with Gasteiger partial charge in [0, 0.05) is 19.4 Å². The lowest BCUT2D eigenvalue weighted by Crippen LogP contribution is -2.29. The van der Waals surface area contributed by atoms with Gasteiger partial charge in [0.15, 0.2) is 6.10 Å². The van der Waals surface area contributed by atoms with Crippen LogP contribution >= 0.6 is 7.82 Å². The summed E-state index contributed by atoms with van der Waals surface area (Å²) in [6.07, 6.45) is 43.8. The molecule has 0 aliphatic rings. The molecular weight excluding hydrogens is 713 g/mol. The molecule has 0 aromatic heterocycles. The Labute approximate surface area is 339 Å². The second-order valence-corrected chi connectivity index (χ2v) is 17.1. The number of unbranched alkanes of at least 4 members (excludes halogenated alkanes) is 29. The summed E-state index contributed by atoms with van der Waals surface area (Å²) in [5.41, 5.74) is 5.35. The lowest BCUT2D eigenvalue weighted by molar-refractivity contribution is -0.161. The Bertz CT molecular complexity index is 917. The number of esters is 2. The van der Waals surface area contributed by atoms with Gasteiger partial charge in [0.05, 0.1) is 13.2 Å². The molecule has 0 radical (unpaired) electrons. The zero-order chi connectivity index (χ0) is 40.3. The molecule has 0 aliphatic carbocycles. The quantitative estimate of drug-likeness (QED) is 0.0267. The molecule has 0 rings (SSSR count). The molecule has 0 spiro atoms. The Hall–Kier alpha value is -1.25. The van der Waals surface area contributed by atoms with Crippen molar-refractivity contribution in [2.45, 2.75) is 238 Å². The molecule has 10 heteroatoms. The van der Waals surface area contributed by atoms with E-state index in [0.717, 1.165) is 32.1 Å². The Balaban J connectivity index is 4.05. The maximum atomic E-state index is 12.6. The lowest BCUT2D eigenvalue weighted by Gasteiger charge is -2.19. The number of phosphoric acid groups is 1. The Morgan fingerprint density at radius 3 is 1.29 bits per heavy atom. The number of phosphoric ester groups is 1. The molecule has 0 aromatic carbocycles. The number of ether oxygens (including phenoxy) is 2. The van der Waals surface area contributed by atoms with Crippen molar-refractivity contribution in [3.05, 3.63) is 12.2 Å². The molecule has 3 N–H and O–H groups in total. The average Bonchev–Trinajstić information content (AvgIpc) is 3.17. The highest BCUT2D eigenvalue weighted by Crippen LogP contribution is 2.43. The number of carbonyl (C=O) groups is 2. The minimum Gasteiger partial charge on any atom is -0.462 e. The van der Waals surface area contributed by atoms with Crippen molar-refractivity contribution >= 4 is 19.8 Å². The van der Waals surface area contributed by atoms with Crippen LogP contribution < -0.4 is 5.73 Å². The van der Waals surface area contributed by atoms with Crippen LogP contribution in [-0.2, 0) is 32.7 Å². The van der Waals surface area contributed by atoms with E-state index in [0.29, 0.717) is 6.42 Å². The smallest absolute Gasteiger partial charge is 0.462 e. The topological polar surface area (TPSA) is 134 Å². The van der Waals surface area contributed by atoms with E-state index in [9.17, 15) is 19.0 Å². The van der Waals surface area contributed by atoms with Crippen molar-refractivity contribution in [3.63, 3.8) is 0 Å². The van der Waals surface area contributed by atoms with Gasteiger partial charge in [-0.25, -0.2) is 4.57 Å². The number of carbonyl (C=O) groups excluding carboxylic acids is 2. The van der Waals surface area contributed by atoms with Crippen molar-refractivity contribution in [2.24, 2.45) is 5.73 Å². The van der Waals surface area contributed by atoms with Crippen LogP contribution in [0.25, 0.3) is 0 Å². The van der Waals surface area contributed by atoms with Crippen molar-refractivity contribution in [1.82, 2.24) is 0 Å². The van der Waals surface area contributed by atoms with Gasteiger partial charge < -0.3 is 20.1 Å². The van der Waals surface area contributed by atoms with E-state index in [1.165, 1.54) is 167 Å². The predicted molar refractivity (Wildman–Crippen MR) is 229 cm³/mol. The van der Waals surface area contributed by atoms with E-state index < -0.39 is 26.5 Å². The molecule has 326 valence electrons. The summed E-state index contributed by atoms with van der Waals surface area (Å²) in [7, 11) is -4.37. The fourth-order valence-corrected chi connectivity index (χ4v) is 7.45. The maximum absolute atomic E-state index is 12.6. The molecule has 0 saturated heterocycles. The highest BCUT2D eigenvalue weighted by atomic mass is 31.2. The second-order valence-electron chi connectivity index (χ2n) is 15.6. The standard InChI is InChI=1S/C45H88NO8P/c1-3-5-7-9-11-13-15-17-18-19-20-21-22-23-24-26-28-30-32-34-36-38-45(48)54-43(42-53-55(49,50)52-40-39-46)41-51-44(47)37-35-33-31-29-27-25-16-14-12-10-8-6-4-2/h17-18,43H,3-16,19-42,46H2,1-2H3,(H,49,50)/b18-17+/t43-/m1/s1. The summed E-state index contributed by atoms with van der Waals surface area (Å²) < 4.78 is 32.8. The molecule has 9 nitrogen and oxygen atoms in total. The van der Waals surface area contributed by atoms with Crippen molar-refractivity contribution in [3.8, 4) is 0 Å². The highest BCUT2D eigenvalue weighted by molar-refractivity contribution is 7.47. The van der Waals surface area contributed by atoms with Crippen LogP contribution in [-0.4, -0.2) is 49.3 Å². The summed E-state index contributed by atoms with van der Waals surface area (Å²) in [6.45, 7) is 3.76. The Morgan fingerprint density at radius 2 is 0.891 bits per heavy atom. The fraction of sp³-hybridized carbons (Fsp3) is 0.911. The van der Waals surface area contributed by atoms with E-state index in [4.69, 9.17) is 24.3 Å². The molecule has 2 atom stereocenters. The van der Waals surface area contributed by atoms with Gasteiger partial charge in [0.1, 0.15) is 6.61 Å². The van der Waals surface area contributed by atoms with Gasteiger partial charge in [-0.2, -0.15) is 0 Å². The van der Waals surface area contributed by atoms with Crippen molar-refractivity contribution < 1.29 is 37.6 Å². The number of rotatable bonds is 44. The number of hydrogen-bond donors (Lipinski definition) is 2. The molecule has 0 amide bonds. The third kappa shape index (κ3) is 42.2. The Kier molecular flexibility index (Phi) is 41.4. The van der Waals surface area contributed by atoms with Crippen LogP contribution in [0.3, 0.4) is 0 Å². The predicted octanol–water partition coefficient (Wildman–Crippen LogP) is 13.4. The summed E-state index contributed by atoms with van der Waals surface area (Å²) in [5, 5.41) is 0. The van der Waals surface area contributed by atoms with E-state index in [2.05, 4.69) is 26.0 Å². The average molecular weight is 802 g/mol. The van der Waals surface area contributed by atoms with Gasteiger partial charge in [-0.3, -0.25) is 18.6 Å². The van der Waals surface area contributed by atoms with Crippen LogP contribution in [0, 0.1) is 0 Å². The SMILES string of the molecule is CCCCCCCC/C=C/CCCCCCCCCCCCCC(=O)O[C@H](COC(=O)CCCCCCCCCCCCCCC)COP(=O)(O)OCCN. The first-order valence-electron chi connectivity index (χ1n) is 23.2. The molecular formula is C45H88NO8P. The molecule has 0 aliphatic heterocycles. The number of hydrogen-bond acceptors (Lipinski definition) is 8. The van der Waals surface area contributed by atoms with E-state index >= 15 is 0 Å². The molecule has 0 heterocycles. The minimum absolute atomic E-state index is 0.0564. The minimum atomic E-state index is -4.37. The normalized spacial score (nSPS) is 13.3. The lowest BCUT2D eigenvalue weighted by atomic mass is 10.0. The summed E-state index contributed by atoms with van der Waals surface area (Å²) >= 11 is 0. The summed E-state index contributed by atoms with van der Waals surface area (Å²) in [4.78, 5) is 34.9. The van der Waals surface area contributed by atoms with E-state index in [1.807, 2.05) is 0 Å².